The number of hydrogen-bond donors (Lipinski definition) is 0. The fourth-order valence-electron chi connectivity index (χ4n) is 2.14. The number of nitriles is 1. The molecule has 24 heavy (non-hydrogen) atoms. The highest BCUT2D eigenvalue weighted by Crippen LogP contribution is 2.21. The van der Waals surface area contributed by atoms with Crippen LogP contribution in [-0.4, -0.2) is 18.4 Å². The Morgan fingerprint density at radius 1 is 1.08 bits per heavy atom. The van der Waals surface area contributed by atoms with Gasteiger partial charge in [0.25, 0.3) is 0 Å². The van der Waals surface area contributed by atoms with Crippen molar-refractivity contribution in [2.45, 2.75) is 20.5 Å². The maximum atomic E-state index is 12.0. The second-order valence-electron chi connectivity index (χ2n) is 5.08. The third kappa shape index (κ3) is 4.20. The SMILES string of the molecule is CCOC(=O)c1cc(OCc2ccc(C#N)cc2)ccc1C(C)=O. The number of esters is 1. The summed E-state index contributed by atoms with van der Waals surface area (Å²) in [5.74, 6) is -0.296. The van der Waals surface area contributed by atoms with Crippen molar-refractivity contribution >= 4 is 11.8 Å². The molecule has 2 aromatic rings. The van der Waals surface area contributed by atoms with Gasteiger partial charge in [0.05, 0.1) is 23.8 Å². The Morgan fingerprint density at radius 3 is 2.38 bits per heavy atom. The van der Waals surface area contributed by atoms with E-state index in [0.29, 0.717) is 16.9 Å². The maximum absolute atomic E-state index is 12.0. The van der Waals surface area contributed by atoms with Crippen molar-refractivity contribution in [3.63, 3.8) is 0 Å². The fourth-order valence-corrected chi connectivity index (χ4v) is 2.14. The predicted molar refractivity (Wildman–Crippen MR) is 87.9 cm³/mol. The Kier molecular flexibility index (Phi) is 5.69. The Balaban J connectivity index is 2.18. The van der Waals surface area contributed by atoms with Crippen LogP contribution in [0.4, 0.5) is 0 Å². The average Bonchev–Trinajstić information content (AvgIpc) is 2.60. The first-order chi connectivity index (χ1) is 11.5. The zero-order chi connectivity index (χ0) is 17.5. The molecule has 2 rings (SSSR count). The highest BCUT2D eigenvalue weighted by Gasteiger charge is 2.16. The first-order valence-electron chi connectivity index (χ1n) is 7.49. The monoisotopic (exact) mass is 323 g/mol. The topological polar surface area (TPSA) is 76.4 Å². The van der Waals surface area contributed by atoms with Gasteiger partial charge in [-0.15, -0.1) is 0 Å². The van der Waals surface area contributed by atoms with Gasteiger partial charge < -0.3 is 9.47 Å². The number of hydrogen-bond acceptors (Lipinski definition) is 5. The van der Waals surface area contributed by atoms with Crippen LogP contribution in [-0.2, 0) is 11.3 Å². The minimum Gasteiger partial charge on any atom is -0.489 e. The smallest absolute Gasteiger partial charge is 0.338 e. The molecule has 0 atom stereocenters. The van der Waals surface area contributed by atoms with Gasteiger partial charge in [-0.1, -0.05) is 12.1 Å². The number of carbonyl (C=O) groups excluding carboxylic acids is 2. The number of carbonyl (C=O) groups is 2. The number of Topliss-reactive ketones (excluding diaryl/α,β-unsaturated/α-hetero) is 1. The van der Waals surface area contributed by atoms with Crippen LogP contribution in [0.5, 0.6) is 5.75 Å². The summed E-state index contributed by atoms with van der Waals surface area (Å²) in [4.78, 5) is 23.7. The van der Waals surface area contributed by atoms with Gasteiger partial charge in [0.2, 0.25) is 0 Å². The number of ether oxygens (including phenoxy) is 2. The second-order valence-corrected chi connectivity index (χ2v) is 5.08. The lowest BCUT2D eigenvalue weighted by Crippen LogP contribution is -2.11. The van der Waals surface area contributed by atoms with E-state index in [4.69, 9.17) is 14.7 Å². The molecule has 0 amide bonds. The number of rotatable bonds is 6. The van der Waals surface area contributed by atoms with E-state index in [-0.39, 0.29) is 24.6 Å². The van der Waals surface area contributed by atoms with E-state index in [1.165, 1.54) is 13.0 Å². The lowest BCUT2D eigenvalue weighted by atomic mass is 10.0. The molecule has 2 aromatic carbocycles. The molecular formula is C19H17NO4. The van der Waals surface area contributed by atoms with E-state index in [2.05, 4.69) is 6.07 Å². The molecule has 0 saturated heterocycles. The molecule has 0 saturated carbocycles. The lowest BCUT2D eigenvalue weighted by molar-refractivity contribution is 0.0522. The molecule has 5 heteroatoms. The molecule has 5 nitrogen and oxygen atoms in total. The van der Waals surface area contributed by atoms with Gasteiger partial charge in [-0.3, -0.25) is 4.79 Å². The Hall–Kier alpha value is -3.13. The molecule has 0 bridgehead atoms. The largest absolute Gasteiger partial charge is 0.489 e. The lowest BCUT2D eigenvalue weighted by Gasteiger charge is -2.11. The zero-order valence-electron chi connectivity index (χ0n) is 13.5. The third-order valence-corrected chi connectivity index (χ3v) is 3.35. The third-order valence-electron chi connectivity index (χ3n) is 3.35. The van der Waals surface area contributed by atoms with Crippen LogP contribution in [0.3, 0.4) is 0 Å². The first kappa shape index (κ1) is 17.2. The van der Waals surface area contributed by atoms with Crippen molar-refractivity contribution in [3.8, 4) is 11.8 Å². The Labute approximate surface area is 140 Å². The molecule has 0 fully saturated rings. The van der Waals surface area contributed by atoms with Crippen LogP contribution in [0.1, 0.15) is 45.7 Å². The van der Waals surface area contributed by atoms with E-state index in [9.17, 15) is 9.59 Å². The van der Waals surface area contributed by atoms with Gasteiger partial charge >= 0.3 is 5.97 Å². The molecule has 0 spiro atoms. The van der Waals surface area contributed by atoms with E-state index in [1.807, 2.05) is 0 Å². The summed E-state index contributed by atoms with van der Waals surface area (Å²) in [6.07, 6.45) is 0. The molecular weight excluding hydrogens is 306 g/mol. The van der Waals surface area contributed by atoms with Gasteiger partial charge in [-0.05, 0) is 49.7 Å². The standard InChI is InChI=1S/C19H17NO4/c1-3-23-19(22)18-10-16(8-9-17(18)13(2)21)24-12-15-6-4-14(11-20)5-7-15/h4-10H,3,12H2,1-2H3. The van der Waals surface area contributed by atoms with Crippen molar-refractivity contribution in [2.24, 2.45) is 0 Å². The van der Waals surface area contributed by atoms with Crippen molar-refractivity contribution in [1.82, 2.24) is 0 Å². The summed E-state index contributed by atoms with van der Waals surface area (Å²) in [5, 5.41) is 8.78. The first-order valence-corrected chi connectivity index (χ1v) is 7.49. The number of benzene rings is 2. The maximum Gasteiger partial charge on any atom is 0.338 e. The van der Waals surface area contributed by atoms with E-state index in [0.717, 1.165) is 5.56 Å². The highest BCUT2D eigenvalue weighted by atomic mass is 16.5. The summed E-state index contributed by atoms with van der Waals surface area (Å²) in [6, 6.07) is 13.8. The molecule has 0 unspecified atom stereocenters. The van der Waals surface area contributed by atoms with E-state index < -0.39 is 5.97 Å². The fraction of sp³-hybridized carbons (Fsp3) is 0.211. The molecule has 0 aliphatic carbocycles. The molecule has 122 valence electrons. The summed E-state index contributed by atoms with van der Waals surface area (Å²) in [5.41, 5.74) is 1.97. The quantitative estimate of drug-likeness (QED) is 0.600. The summed E-state index contributed by atoms with van der Waals surface area (Å²) < 4.78 is 10.7. The molecule has 0 heterocycles. The van der Waals surface area contributed by atoms with Crippen LogP contribution in [0.2, 0.25) is 0 Å². The van der Waals surface area contributed by atoms with Crippen LogP contribution in [0.25, 0.3) is 0 Å². The van der Waals surface area contributed by atoms with Gasteiger partial charge in [0.1, 0.15) is 12.4 Å². The summed E-state index contributed by atoms with van der Waals surface area (Å²) in [7, 11) is 0. The second kappa shape index (κ2) is 7.93. The predicted octanol–water partition coefficient (Wildman–Crippen LogP) is 3.52. The van der Waals surface area contributed by atoms with Crippen LogP contribution in [0.15, 0.2) is 42.5 Å². The minimum atomic E-state index is -0.550. The van der Waals surface area contributed by atoms with Crippen LogP contribution in [0, 0.1) is 11.3 Å². The van der Waals surface area contributed by atoms with Gasteiger partial charge in [0.15, 0.2) is 5.78 Å². The van der Waals surface area contributed by atoms with Crippen molar-refractivity contribution in [2.75, 3.05) is 6.61 Å². The van der Waals surface area contributed by atoms with Gasteiger partial charge in [-0.25, -0.2) is 4.79 Å². The Bertz CT molecular complexity index is 788. The highest BCUT2D eigenvalue weighted by molar-refractivity contribution is 6.05. The van der Waals surface area contributed by atoms with Gasteiger partial charge in [0, 0.05) is 5.56 Å². The van der Waals surface area contributed by atoms with Crippen molar-refractivity contribution in [1.29, 1.82) is 5.26 Å². The van der Waals surface area contributed by atoms with Gasteiger partial charge in [-0.2, -0.15) is 5.26 Å². The molecule has 0 aliphatic heterocycles. The summed E-state index contributed by atoms with van der Waals surface area (Å²) in [6.45, 7) is 3.62. The molecule has 0 aromatic heterocycles. The van der Waals surface area contributed by atoms with Crippen molar-refractivity contribution < 1.29 is 19.1 Å². The number of ketones is 1. The number of nitrogens with zero attached hydrogens (tertiary/aromatic N) is 1. The molecule has 0 aliphatic rings. The summed E-state index contributed by atoms with van der Waals surface area (Å²) >= 11 is 0. The van der Waals surface area contributed by atoms with E-state index in [1.54, 1.807) is 43.3 Å². The van der Waals surface area contributed by atoms with Crippen LogP contribution >= 0.6 is 0 Å². The zero-order valence-corrected chi connectivity index (χ0v) is 13.5. The molecule has 0 N–H and O–H groups in total. The minimum absolute atomic E-state index is 0.196. The average molecular weight is 323 g/mol. The van der Waals surface area contributed by atoms with Crippen molar-refractivity contribution in [3.05, 3.63) is 64.7 Å². The van der Waals surface area contributed by atoms with E-state index >= 15 is 0 Å². The molecule has 0 radical (unpaired) electrons. The van der Waals surface area contributed by atoms with Crippen LogP contribution < -0.4 is 4.74 Å². The Morgan fingerprint density at radius 2 is 1.79 bits per heavy atom. The normalized spacial score (nSPS) is 9.88.